The summed E-state index contributed by atoms with van der Waals surface area (Å²) in [6, 6.07) is 21.9. The molecular formula is C38H39N3O10. The summed E-state index contributed by atoms with van der Waals surface area (Å²) in [5, 5.41) is 10.6. The number of methoxy groups -OCH3 is 6. The van der Waals surface area contributed by atoms with Crippen molar-refractivity contribution in [2.24, 2.45) is 0 Å². The Morgan fingerprint density at radius 1 is 0.627 bits per heavy atom. The first kappa shape index (κ1) is 34.6. The number of nitrogens with one attached hydrogen (secondary N) is 2. The van der Waals surface area contributed by atoms with Gasteiger partial charge in [0.05, 0.1) is 61.4 Å². The Hall–Kier alpha value is -6.24. The van der Waals surface area contributed by atoms with Gasteiger partial charge in [0.15, 0.2) is 40.3 Å². The fraction of sp³-hybridized carbons (Fsp3) is 0.263. The van der Waals surface area contributed by atoms with Gasteiger partial charge in [-0.3, -0.25) is 4.79 Å². The highest BCUT2D eigenvalue weighted by molar-refractivity contribution is 6.02. The number of aromatic nitrogens is 1. The largest absolute Gasteiger partial charge is 0.497 e. The Morgan fingerprint density at radius 3 is 2.00 bits per heavy atom. The SMILES string of the molecule is COc1ccc2c(c1)C(=O)NC(c1ccc(OCCCOc3cc(-c4cc(-c5cc(OC)c(OC)c(OC)c5)on4)ccc3OC)c(OC)c1)N2. The standard InChI is InChI=1S/C38H39N3O10/c1-43-25-10-11-27-26(20-25)38(42)40-37(39-27)23-9-13-30(32(17-23)45-3)49-14-7-15-50-33-16-22(8-12-29(33)44-2)28-21-31(51-41-28)24-18-34(46-4)36(48-6)35(19-24)47-5/h8-13,16-21,37,39H,7,14-15H2,1-6H3,(H,40,42). The molecule has 13 heteroatoms. The number of ether oxygens (including phenoxy) is 8. The average molecular weight is 698 g/mol. The lowest BCUT2D eigenvalue weighted by atomic mass is 10.0. The maximum Gasteiger partial charge on any atom is 0.255 e. The predicted octanol–water partition coefficient (Wildman–Crippen LogP) is 6.76. The molecule has 13 nitrogen and oxygen atoms in total. The molecule has 51 heavy (non-hydrogen) atoms. The number of benzene rings is 4. The first-order valence-electron chi connectivity index (χ1n) is 16.0. The first-order chi connectivity index (χ1) is 24.9. The molecule has 266 valence electrons. The van der Waals surface area contributed by atoms with Crippen LogP contribution in [0.5, 0.6) is 46.0 Å². The van der Waals surface area contributed by atoms with Crippen molar-refractivity contribution in [3.05, 3.63) is 83.9 Å². The molecule has 1 amide bonds. The zero-order valence-electron chi connectivity index (χ0n) is 29.2. The van der Waals surface area contributed by atoms with Crippen LogP contribution in [0.3, 0.4) is 0 Å². The van der Waals surface area contributed by atoms with E-state index >= 15 is 0 Å². The van der Waals surface area contributed by atoms with Crippen molar-refractivity contribution in [3.63, 3.8) is 0 Å². The summed E-state index contributed by atoms with van der Waals surface area (Å²) in [4.78, 5) is 12.8. The zero-order chi connectivity index (χ0) is 35.9. The lowest BCUT2D eigenvalue weighted by Crippen LogP contribution is -2.38. The number of hydrogen-bond donors (Lipinski definition) is 2. The third-order valence-electron chi connectivity index (χ3n) is 8.29. The summed E-state index contributed by atoms with van der Waals surface area (Å²) < 4.78 is 50.7. The minimum atomic E-state index is -0.446. The van der Waals surface area contributed by atoms with Crippen LogP contribution in [0.25, 0.3) is 22.6 Å². The first-order valence-corrected chi connectivity index (χ1v) is 16.0. The fourth-order valence-electron chi connectivity index (χ4n) is 5.66. The van der Waals surface area contributed by atoms with Crippen LogP contribution in [-0.4, -0.2) is 66.9 Å². The highest BCUT2D eigenvalue weighted by atomic mass is 16.5. The van der Waals surface area contributed by atoms with Gasteiger partial charge in [0.25, 0.3) is 5.91 Å². The van der Waals surface area contributed by atoms with Crippen molar-refractivity contribution in [1.29, 1.82) is 0 Å². The molecule has 2 N–H and O–H groups in total. The van der Waals surface area contributed by atoms with E-state index in [0.29, 0.717) is 93.9 Å². The van der Waals surface area contributed by atoms with Crippen molar-refractivity contribution >= 4 is 11.6 Å². The van der Waals surface area contributed by atoms with E-state index in [0.717, 1.165) is 11.1 Å². The molecule has 6 rings (SSSR count). The summed E-state index contributed by atoms with van der Waals surface area (Å²) >= 11 is 0. The molecule has 0 saturated heterocycles. The van der Waals surface area contributed by atoms with Gasteiger partial charge in [0, 0.05) is 29.3 Å². The average Bonchev–Trinajstić information content (AvgIpc) is 3.67. The van der Waals surface area contributed by atoms with Crippen molar-refractivity contribution in [1.82, 2.24) is 10.5 Å². The second kappa shape index (κ2) is 15.5. The number of carbonyl (C=O) groups is 1. The van der Waals surface area contributed by atoms with Gasteiger partial charge in [-0.1, -0.05) is 11.2 Å². The summed E-state index contributed by atoms with van der Waals surface area (Å²) in [6.45, 7) is 0.727. The minimum absolute atomic E-state index is 0.199. The van der Waals surface area contributed by atoms with Crippen LogP contribution in [0.2, 0.25) is 0 Å². The third-order valence-corrected chi connectivity index (χ3v) is 8.29. The molecular weight excluding hydrogens is 658 g/mol. The van der Waals surface area contributed by atoms with E-state index in [2.05, 4.69) is 15.8 Å². The van der Waals surface area contributed by atoms with Crippen molar-refractivity contribution in [2.75, 3.05) is 61.2 Å². The van der Waals surface area contributed by atoms with E-state index in [4.69, 9.17) is 42.4 Å². The molecule has 0 fully saturated rings. The molecule has 1 unspecified atom stereocenters. The van der Waals surface area contributed by atoms with E-state index in [1.54, 1.807) is 60.9 Å². The van der Waals surface area contributed by atoms with Crippen LogP contribution in [0.15, 0.2) is 77.3 Å². The molecule has 5 aromatic rings. The van der Waals surface area contributed by atoms with Gasteiger partial charge < -0.3 is 53.1 Å². The Labute approximate surface area is 295 Å². The van der Waals surface area contributed by atoms with E-state index < -0.39 is 6.17 Å². The molecule has 0 saturated carbocycles. The maximum absolute atomic E-state index is 12.8. The number of anilines is 1. The summed E-state index contributed by atoms with van der Waals surface area (Å²) in [5.41, 5.74) is 4.14. The zero-order valence-corrected chi connectivity index (χ0v) is 29.2. The Kier molecular flexibility index (Phi) is 10.5. The third kappa shape index (κ3) is 7.37. The number of carbonyl (C=O) groups excluding carboxylic acids is 1. The number of fused-ring (bicyclic) bond motifs is 1. The summed E-state index contributed by atoms with van der Waals surface area (Å²) in [6.07, 6.45) is 0.132. The fourth-order valence-corrected chi connectivity index (χ4v) is 5.66. The molecule has 0 radical (unpaired) electrons. The lowest BCUT2D eigenvalue weighted by molar-refractivity contribution is 0.0935. The summed E-state index contributed by atoms with van der Waals surface area (Å²) in [7, 11) is 9.39. The second-order valence-electron chi connectivity index (χ2n) is 11.3. The van der Waals surface area contributed by atoms with Gasteiger partial charge in [0.2, 0.25) is 5.75 Å². The van der Waals surface area contributed by atoms with Gasteiger partial charge in [-0.25, -0.2) is 0 Å². The molecule has 1 aliphatic rings. The molecule has 0 spiro atoms. The maximum atomic E-state index is 12.8. The minimum Gasteiger partial charge on any atom is -0.497 e. The lowest BCUT2D eigenvalue weighted by Gasteiger charge is -2.28. The Bertz CT molecular complexity index is 1990. The number of nitrogens with zero attached hydrogens (tertiary/aromatic N) is 1. The van der Waals surface area contributed by atoms with Gasteiger partial charge in [-0.2, -0.15) is 0 Å². The molecule has 0 bridgehead atoms. The van der Waals surface area contributed by atoms with Crippen molar-refractivity contribution in [3.8, 4) is 68.6 Å². The van der Waals surface area contributed by atoms with Gasteiger partial charge >= 0.3 is 0 Å². The van der Waals surface area contributed by atoms with E-state index in [-0.39, 0.29) is 5.91 Å². The number of amides is 1. The van der Waals surface area contributed by atoms with E-state index in [9.17, 15) is 4.79 Å². The molecule has 1 atom stereocenters. The van der Waals surface area contributed by atoms with Crippen LogP contribution in [0.1, 0.15) is 28.5 Å². The van der Waals surface area contributed by atoms with Gasteiger partial charge in [-0.15, -0.1) is 0 Å². The smallest absolute Gasteiger partial charge is 0.255 e. The number of rotatable bonds is 15. The Balaban J connectivity index is 1.07. The van der Waals surface area contributed by atoms with Crippen LogP contribution in [0, 0.1) is 0 Å². The summed E-state index contributed by atoms with van der Waals surface area (Å²) in [5.74, 6) is 4.67. The van der Waals surface area contributed by atoms with Crippen LogP contribution < -0.4 is 48.5 Å². The molecule has 1 aromatic heterocycles. The normalized spacial score (nSPS) is 13.3. The number of hydrogen-bond acceptors (Lipinski definition) is 12. The molecule has 4 aromatic carbocycles. The van der Waals surface area contributed by atoms with Crippen LogP contribution in [0.4, 0.5) is 5.69 Å². The molecule has 2 heterocycles. The van der Waals surface area contributed by atoms with Gasteiger partial charge in [0.1, 0.15) is 17.6 Å². The van der Waals surface area contributed by atoms with E-state index in [1.165, 1.54) is 0 Å². The highest BCUT2D eigenvalue weighted by Crippen LogP contribution is 2.42. The topological polar surface area (TPSA) is 141 Å². The van der Waals surface area contributed by atoms with Gasteiger partial charge in [-0.05, 0) is 66.2 Å². The van der Waals surface area contributed by atoms with Crippen molar-refractivity contribution < 1.29 is 47.2 Å². The van der Waals surface area contributed by atoms with Crippen LogP contribution in [-0.2, 0) is 0 Å². The monoisotopic (exact) mass is 697 g/mol. The second-order valence-corrected chi connectivity index (χ2v) is 11.3. The van der Waals surface area contributed by atoms with Crippen molar-refractivity contribution in [2.45, 2.75) is 12.6 Å². The Morgan fingerprint density at radius 2 is 1.31 bits per heavy atom. The highest BCUT2D eigenvalue weighted by Gasteiger charge is 2.26. The van der Waals surface area contributed by atoms with Crippen LogP contribution >= 0.6 is 0 Å². The molecule has 0 aliphatic carbocycles. The van der Waals surface area contributed by atoms with E-state index in [1.807, 2.05) is 54.6 Å². The quantitative estimate of drug-likeness (QED) is 0.112. The predicted molar refractivity (Wildman–Crippen MR) is 189 cm³/mol. The molecule has 1 aliphatic heterocycles.